The minimum Gasteiger partial charge on any atom is -0.495 e. The summed E-state index contributed by atoms with van der Waals surface area (Å²) >= 11 is 0. The summed E-state index contributed by atoms with van der Waals surface area (Å²) in [7, 11) is 3.73. The predicted octanol–water partition coefficient (Wildman–Crippen LogP) is 2.84. The molecule has 2 aromatic rings. The van der Waals surface area contributed by atoms with Crippen molar-refractivity contribution in [3.63, 3.8) is 0 Å². The van der Waals surface area contributed by atoms with E-state index < -0.39 is 0 Å². The van der Waals surface area contributed by atoms with Crippen LogP contribution >= 0.6 is 0 Å². The molecule has 0 fully saturated rings. The van der Waals surface area contributed by atoms with Crippen molar-refractivity contribution in [2.24, 2.45) is 18.7 Å². The van der Waals surface area contributed by atoms with E-state index in [4.69, 9.17) is 10.5 Å². The van der Waals surface area contributed by atoms with Crippen LogP contribution < -0.4 is 10.5 Å². The molecule has 17 heavy (non-hydrogen) atoms. The largest absolute Gasteiger partial charge is 0.495 e. The summed E-state index contributed by atoms with van der Waals surface area (Å²) in [6.07, 6.45) is 2.11. The smallest absolute Gasteiger partial charge is 0.143 e. The van der Waals surface area contributed by atoms with Crippen molar-refractivity contribution in [1.82, 2.24) is 4.57 Å². The normalized spacial score (nSPS) is 13.3. The molecule has 0 spiro atoms. The molecule has 92 valence electrons. The molecule has 1 aromatic heterocycles. The molecule has 1 aromatic carbocycles. The molecule has 1 unspecified atom stereocenters. The number of rotatable bonds is 3. The molecule has 2 N–H and O–H groups in total. The highest BCUT2D eigenvalue weighted by Gasteiger charge is 2.18. The van der Waals surface area contributed by atoms with Crippen molar-refractivity contribution in [3.05, 3.63) is 30.0 Å². The topological polar surface area (TPSA) is 40.2 Å². The van der Waals surface area contributed by atoms with E-state index in [-0.39, 0.29) is 6.04 Å². The minimum absolute atomic E-state index is 0.0609. The molecule has 3 nitrogen and oxygen atoms in total. The van der Waals surface area contributed by atoms with Gasteiger partial charge in [0.1, 0.15) is 5.75 Å². The highest BCUT2D eigenvalue weighted by molar-refractivity contribution is 5.89. The lowest BCUT2D eigenvalue weighted by Crippen LogP contribution is -2.16. The molecule has 3 heteroatoms. The Labute approximate surface area is 102 Å². The number of methoxy groups -OCH3 is 1. The first-order chi connectivity index (χ1) is 8.06. The summed E-state index contributed by atoms with van der Waals surface area (Å²) in [4.78, 5) is 0. The third-order valence-electron chi connectivity index (χ3n) is 3.29. The SMILES string of the molecule is COc1cccc2c(C(N)C(C)C)cn(C)c12. The molecule has 0 amide bonds. The Morgan fingerprint density at radius 2 is 2.00 bits per heavy atom. The fourth-order valence-corrected chi connectivity index (χ4v) is 2.25. The van der Waals surface area contributed by atoms with Gasteiger partial charge in [0.15, 0.2) is 0 Å². The van der Waals surface area contributed by atoms with E-state index in [9.17, 15) is 0 Å². The monoisotopic (exact) mass is 232 g/mol. The zero-order valence-corrected chi connectivity index (χ0v) is 10.9. The highest BCUT2D eigenvalue weighted by Crippen LogP contribution is 2.33. The van der Waals surface area contributed by atoms with Crippen LogP contribution in [0.2, 0.25) is 0 Å². The Bertz CT molecular complexity index is 528. The van der Waals surface area contributed by atoms with Crippen LogP contribution in [0.25, 0.3) is 10.9 Å². The third-order valence-corrected chi connectivity index (χ3v) is 3.29. The van der Waals surface area contributed by atoms with E-state index in [1.54, 1.807) is 7.11 Å². The number of benzene rings is 1. The van der Waals surface area contributed by atoms with Crippen LogP contribution in [-0.2, 0) is 7.05 Å². The molecule has 0 aliphatic rings. The maximum absolute atomic E-state index is 6.25. The Hall–Kier alpha value is -1.48. The summed E-state index contributed by atoms with van der Waals surface area (Å²) in [5, 5.41) is 1.19. The number of para-hydroxylation sites is 1. The van der Waals surface area contributed by atoms with Crippen LogP contribution in [-0.4, -0.2) is 11.7 Å². The molecular formula is C14H20N2O. The number of nitrogens with zero attached hydrogens (tertiary/aromatic N) is 1. The lowest BCUT2D eigenvalue weighted by molar-refractivity contribution is 0.418. The van der Waals surface area contributed by atoms with Crippen LogP contribution in [0, 0.1) is 5.92 Å². The van der Waals surface area contributed by atoms with Crippen LogP contribution in [0.15, 0.2) is 24.4 Å². The number of aromatic nitrogens is 1. The van der Waals surface area contributed by atoms with Crippen molar-refractivity contribution in [3.8, 4) is 5.75 Å². The number of aryl methyl sites for hydroxylation is 1. The lowest BCUT2D eigenvalue weighted by Gasteiger charge is -2.14. The second-order valence-corrected chi connectivity index (χ2v) is 4.82. The average molecular weight is 232 g/mol. The molecule has 0 bridgehead atoms. The Morgan fingerprint density at radius 1 is 1.29 bits per heavy atom. The number of nitrogens with two attached hydrogens (primary N) is 1. The van der Waals surface area contributed by atoms with Gasteiger partial charge in [0.2, 0.25) is 0 Å². The molecule has 0 radical (unpaired) electrons. The molecule has 2 rings (SSSR count). The quantitative estimate of drug-likeness (QED) is 0.884. The van der Waals surface area contributed by atoms with Gasteiger partial charge in [-0.15, -0.1) is 0 Å². The number of ether oxygens (including phenoxy) is 1. The van der Waals surface area contributed by atoms with E-state index >= 15 is 0 Å². The molecule has 0 aliphatic heterocycles. The van der Waals surface area contributed by atoms with Crippen LogP contribution in [0.1, 0.15) is 25.5 Å². The van der Waals surface area contributed by atoms with Crippen molar-refractivity contribution in [2.75, 3.05) is 7.11 Å². The molecule has 0 aliphatic carbocycles. The number of hydrogen-bond acceptors (Lipinski definition) is 2. The van der Waals surface area contributed by atoms with Crippen molar-refractivity contribution in [1.29, 1.82) is 0 Å². The maximum atomic E-state index is 6.25. The van der Waals surface area contributed by atoms with Gasteiger partial charge in [-0.2, -0.15) is 0 Å². The fraction of sp³-hybridized carbons (Fsp3) is 0.429. The number of hydrogen-bond donors (Lipinski definition) is 1. The van der Waals surface area contributed by atoms with Gasteiger partial charge in [-0.05, 0) is 17.5 Å². The zero-order valence-electron chi connectivity index (χ0n) is 10.9. The van der Waals surface area contributed by atoms with Gasteiger partial charge in [-0.3, -0.25) is 0 Å². The van der Waals surface area contributed by atoms with Crippen molar-refractivity contribution in [2.45, 2.75) is 19.9 Å². The first kappa shape index (κ1) is 12.0. The lowest BCUT2D eigenvalue weighted by atomic mass is 9.97. The standard InChI is InChI=1S/C14H20N2O/c1-9(2)13(15)11-8-16(3)14-10(11)6-5-7-12(14)17-4/h5-9,13H,15H2,1-4H3. The maximum Gasteiger partial charge on any atom is 0.143 e. The first-order valence-corrected chi connectivity index (χ1v) is 5.93. The fourth-order valence-electron chi connectivity index (χ4n) is 2.25. The van der Waals surface area contributed by atoms with Crippen LogP contribution in [0.4, 0.5) is 0 Å². The second-order valence-electron chi connectivity index (χ2n) is 4.82. The van der Waals surface area contributed by atoms with Gasteiger partial charge in [0.05, 0.1) is 12.6 Å². The van der Waals surface area contributed by atoms with E-state index in [0.717, 1.165) is 11.3 Å². The van der Waals surface area contributed by atoms with Gasteiger partial charge in [0, 0.05) is 24.7 Å². The van der Waals surface area contributed by atoms with E-state index in [0.29, 0.717) is 5.92 Å². The zero-order chi connectivity index (χ0) is 12.6. The summed E-state index contributed by atoms with van der Waals surface area (Å²) in [5.41, 5.74) is 8.56. The van der Waals surface area contributed by atoms with Crippen LogP contribution in [0.5, 0.6) is 5.75 Å². The third kappa shape index (κ3) is 1.91. The highest BCUT2D eigenvalue weighted by atomic mass is 16.5. The van der Waals surface area contributed by atoms with E-state index in [2.05, 4.69) is 30.7 Å². The minimum atomic E-state index is 0.0609. The summed E-state index contributed by atoms with van der Waals surface area (Å²) in [6.45, 7) is 4.29. The summed E-state index contributed by atoms with van der Waals surface area (Å²) in [6, 6.07) is 6.16. The summed E-state index contributed by atoms with van der Waals surface area (Å²) in [5.74, 6) is 1.32. The van der Waals surface area contributed by atoms with Crippen LogP contribution in [0.3, 0.4) is 0 Å². The molecule has 0 saturated heterocycles. The molecule has 1 atom stereocenters. The number of fused-ring (bicyclic) bond motifs is 1. The second kappa shape index (κ2) is 4.41. The predicted molar refractivity (Wildman–Crippen MR) is 71.2 cm³/mol. The van der Waals surface area contributed by atoms with Crippen molar-refractivity contribution >= 4 is 10.9 Å². The van der Waals surface area contributed by atoms with Gasteiger partial charge >= 0.3 is 0 Å². The van der Waals surface area contributed by atoms with E-state index in [1.807, 2.05) is 19.2 Å². The van der Waals surface area contributed by atoms with Gasteiger partial charge < -0.3 is 15.0 Å². The van der Waals surface area contributed by atoms with Gasteiger partial charge in [-0.25, -0.2) is 0 Å². The first-order valence-electron chi connectivity index (χ1n) is 5.93. The molecule has 0 saturated carbocycles. The Balaban J connectivity index is 2.68. The Kier molecular flexibility index (Phi) is 3.11. The van der Waals surface area contributed by atoms with E-state index in [1.165, 1.54) is 10.9 Å². The average Bonchev–Trinajstić information content (AvgIpc) is 2.66. The van der Waals surface area contributed by atoms with Crippen molar-refractivity contribution < 1.29 is 4.74 Å². The molecule has 1 heterocycles. The molecular weight excluding hydrogens is 212 g/mol. The van der Waals surface area contributed by atoms with Gasteiger partial charge in [-0.1, -0.05) is 26.0 Å². The summed E-state index contributed by atoms with van der Waals surface area (Å²) < 4.78 is 7.49. The Morgan fingerprint density at radius 3 is 2.59 bits per heavy atom. The van der Waals surface area contributed by atoms with Gasteiger partial charge in [0.25, 0.3) is 0 Å².